The van der Waals surface area contributed by atoms with Crippen LogP contribution in [0.15, 0.2) is 225 Å². The van der Waals surface area contributed by atoms with Crippen molar-refractivity contribution in [3.8, 4) is 78.8 Å². The minimum atomic E-state index is 0.626. The van der Waals surface area contributed by atoms with Crippen LogP contribution in [0.2, 0.25) is 0 Å². The van der Waals surface area contributed by atoms with Crippen LogP contribution in [0.5, 0.6) is 0 Å². The van der Waals surface area contributed by atoms with Gasteiger partial charge in [0.15, 0.2) is 17.5 Å². The van der Waals surface area contributed by atoms with Gasteiger partial charge in [0.1, 0.15) is 0 Å². The Morgan fingerprint density at radius 1 is 0.266 bits per heavy atom. The maximum atomic E-state index is 5.28. The largest absolute Gasteiger partial charge is 0.264 e. The highest BCUT2D eigenvalue weighted by Gasteiger charge is 2.18. The number of rotatable bonds is 7. The first-order chi connectivity index (χ1) is 31.7. The smallest absolute Gasteiger partial charge is 0.164 e. The van der Waals surface area contributed by atoms with Gasteiger partial charge in [-0.2, -0.15) is 0 Å². The summed E-state index contributed by atoms with van der Waals surface area (Å²) in [5.41, 5.74) is 12.5. The van der Waals surface area contributed by atoms with Crippen molar-refractivity contribution in [1.82, 2.24) is 24.9 Å². The zero-order valence-electron chi connectivity index (χ0n) is 34.6. The van der Waals surface area contributed by atoms with Crippen LogP contribution in [-0.2, 0) is 0 Å². The molecule has 3 heterocycles. The summed E-state index contributed by atoms with van der Waals surface area (Å²) in [7, 11) is 0. The predicted molar refractivity (Wildman–Crippen MR) is 263 cm³/mol. The summed E-state index contributed by atoms with van der Waals surface area (Å²) in [6, 6.07) is 74.7. The molecule has 0 spiro atoms. The minimum Gasteiger partial charge on any atom is -0.264 e. The van der Waals surface area contributed by atoms with Gasteiger partial charge in [0.05, 0.1) is 11.2 Å². The van der Waals surface area contributed by atoms with Gasteiger partial charge in [0.2, 0.25) is 0 Å². The van der Waals surface area contributed by atoms with Gasteiger partial charge in [0, 0.05) is 45.4 Å². The third-order valence-electron chi connectivity index (χ3n) is 12.2. The van der Waals surface area contributed by atoms with Crippen molar-refractivity contribution in [2.24, 2.45) is 0 Å². The number of pyridine rings is 2. The van der Waals surface area contributed by atoms with Gasteiger partial charge in [-0.25, -0.2) is 19.9 Å². The number of hydrogen-bond donors (Lipinski definition) is 0. The van der Waals surface area contributed by atoms with E-state index in [1.165, 1.54) is 10.8 Å². The Labute approximate surface area is 370 Å². The molecule has 0 amide bonds. The Balaban J connectivity index is 1.01. The molecule has 0 bridgehead atoms. The summed E-state index contributed by atoms with van der Waals surface area (Å²) >= 11 is 0. The molecule has 12 aromatic rings. The van der Waals surface area contributed by atoms with Crippen LogP contribution in [0.1, 0.15) is 0 Å². The summed E-state index contributed by atoms with van der Waals surface area (Å²) in [5.74, 6) is 1.90. The number of nitrogens with zero attached hydrogens (tertiary/aromatic N) is 5. The molecule has 5 heteroatoms. The van der Waals surface area contributed by atoms with Gasteiger partial charge in [0.25, 0.3) is 0 Å². The molecular formula is C59H37N5. The average molecular weight is 816 g/mol. The molecule has 5 nitrogen and oxygen atoms in total. The molecule has 0 atom stereocenters. The highest BCUT2D eigenvalue weighted by molar-refractivity contribution is 6.14. The molecule has 0 aliphatic heterocycles. The second-order valence-corrected chi connectivity index (χ2v) is 16.1. The number of fused-ring (bicyclic) bond motifs is 5. The first-order valence-corrected chi connectivity index (χ1v) is 21.5. The van der Waals surface area contributed by atoms with Crippen molar-refractivity contribution < 1.29 is 0 Å². The zero-order chi connectivity index (χ0) is 42.4. The SMILES string of the molecule is c1ccc(-c2nc(-c3ccccc3)nc(-c3ccc(-c4cc(-c5ccc6ccccc6c5)cc(-c5ccc(-c6nc7ccccc7c7ccncc67)c6ccccc56)c4)cc3)n2)cc1. The summed E-state index contributed by atoms with van der Waals surface area (Å²) in [6.45, 7) is 0. The van der Waals surface area contributed by atoms with Gasteiger partial charge in [-0.05, 0) is 96.7 Å². The first kappa shape index (κ1) is 37.1. The molecular weight excluding hydrogens is 779 g/mol. The van der Waals surface area contributed by atoms with Crippen LogP contribution in [0.4, 0.5) is 0 Å². The third-order valence-corrected chi connectivity index (χ3v) is 12.2. The monoisotopic (exact) mass is 815 g/mol. The van der Waals surface area contributed by atoms with Gasteiger partial charge >= 0.3 is 0 Å². The molecule has 64 heavy (non-hydrogen) atoms. The van der Waals surface area contributed by atoms with Crippen LogP contribution in [0, 0.1) is 0 Å². The van der Waals surface area contributed by atoms with Gasteiger partial charge in [-0.1, -0.05) is 176 Å². The van der Waals surface area contributed by atoms with E-state index in [-0.39, 0.29) is 0 Å². The number of aromatic nitrogens is 5. The first-order valence-electron chi connectivity index (χ1n) is 21.5. The molecule has 12 rings (SSSR count). The quantitative estimate of drug-likeness (QED) is 0.150. The Hall–Kier alpha value is -8.67. The summed E-state index contributed by atoms with van der Waals surface area (Å²) < 4.78 is 0. The summed E-state index contributed by atoms with van der Waals surface area (Å²) in [4.78, 5) is 24.7. The van der Waals surface area contributed by atoms with E-state index in [1.807, 2.05) is 73.1 Å². The van der Waals surface area contributed by atoms with E-state index in [1.54, 1.807) is 0 Å². The third kappa shape index (κ3) is 6.73. The van der Waals surface area contributed by atoms with Crippen LogP contribution in [0.25, 0.3) is 122 Å². The average Bonchev–Trinajstić information content (AvgIpc) is 3.38. The lowest BCUT2D eigenvalue weighted by Crippen LogP contribution is -2.00. The minimum absolute atomic E-state index is 0.626. The summed E-state index contributed by atoms with van der Waals surface area (Å²) in [5, 5.41) is 8.02. The standard InChI is InChI=1S/C59H37N5/c1-3-14-40(15-4-1)57-62-58(41-16-5-2-6-17-41)64-59(63-57)42-26-23-39(24-27-42)45-34-46(44-28-25-38-13-7-8-18-43(38)33-44)36-47(35-45)48-29-30-53(50-20-10-9-19-49(48)50)56-54-37-60-32-31-51(54)52-21-11-12-22-55(52)61-56/h1-37H. The molecule has 3 aromatic heterocycles. The highest BCUT2D eigenvalue weighted by Crippen LogP contribution is 2.42. The Kier molecular flexibility index (Phi) is 9.08. The molecule has 0 fully saturated rings. The predicted octanol–water partition coefficient (Wildman–Crippen LogP) is 14.9. The molecule has 0 aliphatic rings. The van der Waals surface area contributed by atoms with E-state index >= 15 is 0 Å². The van der Waals surface area contributed by atoms with Gasteiger partial charge in [-0.15, -0.1) is 0 Å². The van der Waals surface area contributed by atoms with Crippen molar-refractivity contribution in [1.29, 1.82) is 0 Å². The molecule has 9 aromatic carbocycles. The molecule has 0 saturated carbocycles. The van der Waals surface area contributed by atoms with E-state index in [2.05, 4.69) is 157 Å². The fourth-order valence-electron chi connectivity index (χ4n) is 8.99. The van der Waals surface area contributed by atoms with E-state index in [0.717, 1.165) is 93.8 Å². The lowest BCUT2D eigenvalue weighted by atomic mass is 9.88. The number of benzene rings is 9. The number of para-hydroxylation sites is 1. The molecule has 0 aliphatic carbocycles. The van der Waals surface area contributed by atoms with Crippen LogP contribution in [-0.4, -0.2) is 24.9 Å². The van der Waals surface area contributed by atoms with E-state index < -0.39 is 0 Å². The van der Waals surface area contributed by atoms with Crippen molar-refractivity contribution in [3.05, 3.63) is 225 Å². The van der Waals surface area contributed by atoms with Crippen LogP contribution < -0.4 is 0 Å². The van der Waals surface area contributed by atoms with Gasteiger partial charge < -0.3 is 0 Å². The fraction of sp³-hybridized carbons (Fsp3) is 0. The zero-order valence-corrected chi connectivity index (χ0v) is 34.6. The van der Waals surface area contributed by atoms with Gasteiger partial charge in [-0.3, -0.25) is 4.98 Å². The number of hydrogen-bond acceptors (Lipinski definition) is 5. The molecule has 0 N–H and O–H groups in total. The Bertz CT molecular complexity index is 3660. The van der Waals surface area contributed by atoms with E-state index in [0.29, 0.717) is 17.5 Å². The molecule has 0 radical (unpaired) electrons. The molecule has 298 valence electrons. The Morgan fingerprint density at radius 3 is 1.48 bits per heavy atom. The molecule has 0 unspecified atom stereocenters. The Morgan fingerprint density at radius 2 is 0.781 bits per heavy atom. The fourth-order valence-corrected chi connectivity index (χ4v) is 8.99. The van der Waals surface area contributed by atoms with Crippen molar-refractivity contribution in [2.45, 2.75) is 0 Å². The second-order valence-electron chi connectivity index (χ2n) is 16.1. The lowest BCUT2D eigenvalue weighted by Gasteiger charge is -2.16. The van der Waals surface area contributed by atoms with Crippen LogP contribution in [0.3, 0.4) is 0 Å². The maximum Gasteiger partial charge on any atom is 0.164 e. The summed E-state index contributed by atoms with van der Waals surface area (Å²) in [6.07, 6.45) is 3.81. The van der Waals surface area contributed by atoms with E-state index in [9.17, 15) is 0 Å². The van der Waals surface area contributed by atoms with Crippen molar-refractivity contribution >= 4 is 43.2 Å². The normalized spacial score (nSPS) is 11.4. The topological polar surface area (TPSA) is 64.5 Å². The molecule has 0 saturated heterocycles. The van der Waals surface area contributed by atoms with Crippen LogP contribution >= 0.6 is 0 Å². The highest BCUT2D eigenvalue weighted by atomic mass is 15.0. The van der Waals surface area contributed by atoms with E-state index in [4.69, 9.17) is 19.9 Å². The maximum absolute atomic E-state index is 5.28. The lowest BCUT2D eigenvalue weighted by molar-refractivity contribution is 1.07. The van der Waals surface area contributed by atoms with Crippen molar-refractivity contribution in [3.63, 3.8) is 0 Å². The van der Waals surface area contributed by atoms with Crippen molar-refractivity contribution in [2.75, 3.05) is 0 Å². The second kappa shape index (κ2) is 15.7.